The van der Waals surface area contributed by atoms with Gasteiger partial charge in [-0.3, -0.25) is 18.6 Å². The van der Waals surface area contributed by atoms with Gasteiger partial charge in [-0.15, -0.1) is 15.7 Å². The van der Waals surface area contributed by atoms with Gasteiger partial charge in [0, 0.05) is 0 Å². The summed E-state index contributed by atoms with van der Waals surface area (Å²) >= 11 is 4.05. The van der Waals surface area contributed by atoms with E-state index in [4.69, 9.17) is 4.18 Å². The van der Waals surface area contributed by atoms with E-state index in [9.17, 15) is 22.8 Å². The molecule has 0 saturated heterocycles. The Morgan fingerprint density at radius 1 is 0.714 bits per heavy atom. The van der Waals surface area contributed by atoms with Crippen LogP contribution in [-0.4, -0.2) is 91.5 Å². The number of hydrogen-bond donors (Lipinski definition) is 3. The summed E-state index contributed by atoms with van der Waals surface area (Å²) < 4.78 is 31.5. The van der Waals surface area contributed by atoms with E-state index in [1.54, 1.807) is 62.4 Å². The van der Waals surface area contributed by atoms with Gasteiger partial charge in [-0.25, -0.2) is 24.3 Å². The molecule has 18 nitrogen and oxygen atoms in total. The van der Waals surface area contributed by atoms with Crippen molar-refractivity contribution in [2.45, 2.75) is 58.6 Å². The van der Waals surface area contributed by atoms with Gasteiger partial charge in [-0.2, -0.15) is 8.42 Å². The minimum absolute atomic E-state index is 0.132. The smallest absolute Gasteiger partial charge is 0.265 e. The average molecular weight is 1020 g/mol. The Morgan fingerprint density at radius 3 is 1.59 bits per heavy atom. The lowest BCUT2D eigenvalue weighted by Crippen LogP contribution is -2.30. The third-order valence-electron chi connectivity index (χ3n) is 7.51. The van der Waals surface area contributed by atoms with Gasteiger partial charge in [0.2, 0.25) is 11.8 Å². The fraction of sp³-hybridized carbons (Fsp3) is 0.294. The summed E-state index contributed by atoms with van der Waals surface area (Å²) in [5.41, 5.74) is 5.37. The second-order valence-electron chi connectivity index (χ2n) is 13.3. The molecule has 3 atom stereocenters. The van der Waals surface area contributed by atoms with E-state index < -0.39 is 48.2 Å². The Balaban J connectivity index is 1.25. The van der Waals surface area contributed by atoms with Gasteiger partial charge < -0.3 is 16.0 Å². The molecular formula is C34H36I2N12O6SSi. The van der Waals surface area contributed by atoms with Crippen LogP contribution >= 0.6 is 45.2 Å². The summed E-state index contributed by atoms with van der Waals surface area (Å²) in [5.74, 6) is 2.34. The van der Waals surface area contributed by atoms with Gasteiger partial charge in [0.1, 0.15) is 62.1 Å². The van der Waals surface area contributed by atoms with Crippen LogP contribution in [0.15, 0.2) is 54.6 Å². The molecule has 292 valence electrons. The van der Waals surface area contributed by atoms with E-state index in [1.807, 2.05) is 22.6 Å². The van der Waals surface area contributed by atoms with Crippen molar-refractivity contribution in [2.75, 3.05) is 22.2 Å². The van der Waals surface area contributed by atoms with Crippen molar-refractivity contribution in [3.05, 3.63) is 67.7 Å². The van der Waals surface area contributed by atoms with Crippen molar-refractivity contribution in [2.24, 2.45) is 0 Å². The molecule has 0 saturated carbocycles. The lowest BCUT2D eigenvalue weighted by molar-refractivity contribution is -0.122. The van der Waals surface area contributed by atoms with Crippen molar-refractivity contribution in [3.8, 4) is 34.2 Å². The van der Waals surface area contributed by atoms with Gasteiger partial charge in [0.15, 0.2) is 6.10 Å². The van der Waals surface area contributed by atoms with Crippen molar-refractivity contribution in [1.29, 1.82) is 0 Å². The number of anilines is 3. The first-order valence-corrected chi connectivity index (χ1v) is 24.2. The van der Waals surface area contributed by atoms with Gasteiger partial charge >= 0.3 is 0 Å². The first kappa shape index (κ1) is 42.4. The van der Waals surface area contributed by atoms with Crippen molar-refractivity contribution >= 4 is 98.5 Å². The molecule has 3 N–H and O–H groups in total. The number of pyridine rings is 3. The highest BCUT2D eigenvalue weighted by atomic mass is 127. The van der Waals surface area contributed by atoms with Crippen LogP contribution in [0, 0.1) is 18.9 Å². The minimum atomic E-state index is -3.85. The van der Waals surface area contributed by atoms with Crippen LogP contribution in [0.25, 0.3) is 22.8 Å². The molecule has 0 fully saturated rings. The molecule has 5 aromatic rings. The topological polar surface area (TPSA) is 231 Å². The highest BCUT2D eigenvalue weighted by Crippen LogP contribution is 2.27. The summed E-state index contributed by atoms with van der Waals surface area (Å²) in [4.78, 5) is 52.5. The largest absolute Gasteiger partial charge is 0.309 e. The van der Waals surface area contributed by atoms with E-state index in [-0.39, 0.29) is 17.5 Å². The molecule has 5 aromatic heterocycles. The monoisotopic (exact) mass is 1020 g/mol. The second kappa shape index (κ2) is 17.6. The Morgan fingerprint density at radius 2 is 1.14 bits per heavy atom. The van der Waals surface area contributed by atoms with Gasteiger partial charge in [0.05, 0.1) is 17.6 Å². The predicted octanol–water partition coefficient (Wildman–Crippen LogP) is 4.53. The highest BCUT2D eigenvalue weighted by molar-refractivity contribution is 14.1. The number of nitrogens with zero attached hydrogens (tertiary/aromatic N) is 9. The normalized spacial score (nSPS) is 13.2. The standard InChI is InChI=1S/C34H36I2N12O6SSi/c1-19(32(49)40-25-14-8-11-22(37-25)17-18-56(5,6)7)47-30(35)28(43-45-47)23-12-9-15-26(38-23)41-33(50)20(2)48-31(36)29(44-46-48)24-13-10-16-27(39-24)42-34(51)21(3)54-55(4,52)53/h8-16,19-21H,1-7H3,(H,37,40,49)(H,38,41,50)(H,39,42,51)/t19-,20-,21+/m1/s1. The number of carbonyl (C=O) groups is 3. The number of carbonyl (C=O) groups excluding carboxylic acids is 3. The summed E-state index contributed by atoms with van der Waals surface area (Å²) in [6, 6.07) is 13.5. The van der Waals surface area contributed by atoms with Crippen molar-refractivity contribution < 1.29 is 27.0 Å². The zero-order valence-corrected chi connectivity index (χ0v) is 37.2. The lowest BCUT2D eigenvalue weighted by atomic mass is 10.2. The van der Waals surface area contributed by atoms with E-state index in [1.165, 1.54) is 22.4 Å². The van der Waals surface area contributed by atoms with Crippen LogP contribution in [0.2, 0.25) is 19.6 Å². The Hall–Kier alpha value is -4.71. The summed E-state index contributed by atoms with van der Waals surface area (Å²) in [6.45, 7) is 11.1. The predicted molar refractivity (Wildman–Crippen MR) is 227 cm³/mol. The molecule has 0 unspecified atom stereocenters. The third-order valence-corrected chi connectivity index (χ3v) is 11.0. The van der Waals surface area contributed by atoms with E-state index in [0.717, 1.165) is 6.26 Å². The Bertz CT molecular complexity index is 2480. The molecule has 0 aliphatic rings. The van der Waals surface area contributed by atoms with Crippen molar-refractivity contribution in [3.63, 3.8) is 0 Å². The SMILES string of the molecule is C[C@H](OS(C)(=O)=O)C(=O)Nc1cccc(-c2nnn([C@H](C)C(=O)Nc3cccc(-c4nnn([C@H](C)C(=O)Nc5cccc(C#C[Si](C)(C)C)n5)c4I)n3)c2I)n1. The van der Waals surface area contributed by atoms with Gasteiger partial charge in [-0.1, -0.05) is 54.2 Å². The fourth-order valence-electron chi connectivity index (χ4n) is 4.69. The van der Waals surface area contributed by atoms with Gasteiger partial charge in [0.25, 0.3) is 16.0 Å². The average Bonchev–Trinajstić information content (AvgIpc) is 3.71. The lowest BCUT2D eigenvalue weighted by Gasteiger charge is -2.14. The summed E-state index contributed by atoms with van der Waals surface area (Å²) in [6.07, 6.45) is -0.429. The number of hydrogen-bond acceptors (Lipinski definition) is 13. The first-order valence-electron chi connectivity index (χ1n) is 16.8. The van der Waals surface area contributed by atoms with Crippen LogP contribution in [0.1, 0.15) is 38.5 Å². The molecule has 0 spiro atoms. The Labute approximate surface area is 350 Å². The summed E-state index contributed by atoms with van der Waals surface area (Å²) in [5, 5.41) is 25.0. The van der Waals surface area contributed by atoms with Crippen LogP contribution in [-0.2, 0) is 28.7 Å². The van der Waals surface area contributed by atoms with E-state index >= 15 is 0 Å². The molecule has 0 aliphatic heterocycles. The van der Waals surface area contributed by atoms with Crippen LogP contribution in [0.4, 0.5) is 17.5 Å². The van der Waals surface area contributed by atoms with Crippen LogP contribution in [0.5, 0.6) is 0 Å². The molecule has 3 amide bonds. The molecule has 0 aliphatic carbocycles. The molecular weight excluding hydrogens is 986 g/mol. The molecule has 5 rings (SSSR count). The van der Waals surface area contributed by atoms with E-state index in [2.05, 4.69) is 105 Å². The second-order valence-corrected chi connectivity index (χ2v) is 21.7. The number of nitrogens with one attached hydrogen (secondary N) is 3. The fourth-order valence-corrected chi connectivity index (χ4v) is 7.60. The first-order chi connectivity index (χ1) is 26.3. The van der Waals surface area contributed by atoms with Crippen LogP contribution < -0.4 is 16.0 Å². The maximum absolute atomic E-state index is 13.4. The quantitative estimate of drug-likeness (QED) is 0.0676. The van der Waals surface area contributed by atoms with Gasteiger partial charge in [-0.05, 0) is 102 Å². The van der Waals surface area contributed by atoms with E-state index in [0.29, 0.717) is 41.7 Å². The third kappa shape index (κ3) is 11.0. The van der Waals surface area contributed by atoms with Crippen LogP contribution in [0.3, 0.4) is 0 Å². The zero-order valence-electron chi connectivity index (χ0n) is 31.1. The summed E-state index contributed by atoms with van der Waals surface area (Å²) in [7, 11) is -5.45. The van der Waals surface area contributed by atoms with Crippen molar-refractivity contribution in [1.82, 2.24) is 44.9 Å². The number of amides is 3. The number of rotatable bonds is 12. The highest BCUT2D eigenvalue weighted by Gasteiger charge is 2.26. The minimum Gasteiger partial charge on any atom is -0.309 e. The molecule has 0 radical (unpaired) electrons. The molecule has 56 heavy (non-hydrogen) atoms. The number of halogens is 2. The molecule has 5 heterocycles. The number of aromatic nitrogens is 9. The maximum Gasteiger partial charge on any atom is 0.265 e. The Kier molecular flexibility index (Phi) is 13.3. The zero-order chi connectivity index (χ0) is 40.9. The molecule has 22 heteroatoms. The molecule has 0 bridgehead atoms. The maximum atomic E-state index is 13.4. The molecule has 0 aromatic carbocycles.